The lowest BCUT2D eigenvalue weighted by Gasteiger charge is -2.33. The van der Waals surface area contributed by atoms with Crippen LogP contribution in [0.3, 0.4) is 0 Å². The van der Waals surface area contributed by atoms with Crippen LogP contribution in [0.1, 0.15) is 69.9 Å². The molecule has 1 aliphatic rings. The van der Waals surface area contributed by atoms with Gasteiger partial charge in [-0.25, -0.2) is 8.42 Å². The van der Waals surface area contributed by atoms with Crippen LogP contribution < -0.4 is 9.62 Å². The Bertz CT molecular complexity index is 1210. The van der Waals surface area contributed by atoms with E-state index in [1.54, 1.807) is 30.3 Å². The molecule has 1 fully saturated rings. The predicted octanol–water partition coefficient (Wildman–Crippen LogP) is 5.75. The zero-order valence-corrected chi connectivity index (χ0v) is 24.7. The van der Waals surface area contributed by atoms with Crippen LogP contribution in [-0.2, 0) is 26.2 Å². The van der Waals surface area contributed by atoms with Crippen LogP contribution in [0, 0.1) is 0 Å². The number of amides is 2. The molecule has 0 aliphatic heterocycles. The van der Waals surface area contributed by atoms with E-state index in [-0.39, 0.29) is 24.4 Å². The first-order valence-electron chi connectivity index (χ1n) is 13.0. The molecule has 38 heavy (non-hydrogen) atoms. The number of rotatable bonds is 11. The van der Waals surface area contributed by atoms with E-state index in [4.69, 9.17) is 23.2 Å². The van der Waals surface area contributed by atoms with Gasteiger partial charge in [-0.1, -0.05) is 75.0 Å². The van der Waals surface area contributed by atoms with E-state index in [9.17, 15) is 18.0 Å². The van der Waals surface area contributed by atoms with Crippen LogP contribution in [-0.4, -0.2) is 50.0 Å². The van der Waals surface area contributed by atoms with Crippen LogP contribution in [0.5, 0.6) is 0 Å². The number of nitrogens with zero attached hydrogens (tertiary/aromatic N) is 2. The molecule has 1 aliphatic carbocycles. The van der Waals surface area contributed by atoms with Gasteiger partial charge in [0, 0.05) is 28.2 Å². The van der Waals surface area contributed by atoms with Crippen molar-refractivity contribution in [2.75, 3.05) is 17.1 Å². The van der Waals surface area contributed by atoms with E-state index in [2.05, 4.69) is 5.32 Å². The minimum atomic E-state index is -3.81. The van der Waals surface area contributed by atoms with Gasteiger partial charge in [-0.3, -0.25) is 13.9 Å². The third-order valence-electron chi connectivity index (χ3n) is 7.00. The lowest BCUT2D eigenvalue weighted by molar-refractivity contribution is -0.140. The zero-order valence-electron chi connectivity index (χ0n) is 22.4. The summed E-state index contributed by atoms with van der Waals surface area (Å²) in [6.45, 7) is 5.43. The fourth-order valence-corrected chi connectivity index (χ4v) is 6.15. The highest BCUT2D eigenvalue weighted by atomic mass is 35.5. The van der Waals surface area contributed by atoms with Crippen molar-refractivity contribution in [2.45, 2.75) is 77.4 Å². The molecule has 0 spiro atoms. The van der Waals surface area contributed by atoms with Crippen LogP contribution in [0.25, 0.3) is 0 Å². The summed E-state index contributed by atoms with van der Waals surface area (Å²) in [5, 5.41) is 3.81. The largest absolute Gasteiger partial charge is 0.352 e. The number of hydrogen-bond acceptors (Lipinski definition) is 4. The molecule has 1 atom stereocenters. The van der Waals surface area contributed by atoms with Crippen LogP contribution in [0.2, 0.25) is 10.0 Å². The SMILES string of the molecule is CC[C@@H](C(=O)NC1CCCC1)N(Cc1c(Cl)cccc1Cl)C(=O)CN(c1ccc(C(C)C)cc1)S(C)(=O)=O. The number of anilines is 1. The first kappa shape index (κ1) is 30.3. The van der Waals surface area contributed by atoms with Crippen molar-refractivity contribution in [1.29, 1.82) is 0 Å². The van der Waals surface area contributed by atoms with E-state index in [1.807, 2.05) is 32.9 Å². The molecule has 2 amide bonds. The lowest BCUT2D eigenvalue weighted by atomic mass is 10.0. The summed E-state index contributed by atoms with van der Waals surface area (Å²) in [5.74, 6) is -0.507. The van der Waals surface area contributed by atoms with Gasteiger partial charge in [0.05, 0.1) is 11.9 Å². The van der Waals surface area contributed by atoms with Gasteiger partial charge in [0.2, 0.25) is 21.8 Å². The quantitative estimate of drug-likeness (QED) is 0.366. The van der Waals surface area contributed by atoms with E-state index in [0.29, 0.717) is 27.7 Å². The Kier molecular flexibility index (Phi) is 10.5. The standard InChI is InChI=1S/C28H37Cl2N3O4S/c1-5-26(28(35)31-21-9-6-7-10-21)32(17-23-24(29)11-8-12-25(23)30)27(34)18-33(38(4,36)37)22-15-13-20(14-16-22)19(2)3/h8,11-16,19,21,26H,5-7,9-10,17-18H2,1-4H3,(H,31,35)/t26-/m0/s1. The summed E-state index contributed by atoms with van der Waals surface area (Å²) < 4.78 is 26.7. The number of halogens is 2. The summed E-state index contributed by atoms with van der Waals surface area (Å²) in [5.41, 5.74) is 1.94. The number of sulfonamides is 1. The highest BCUT2D eigenvalue weighted by Crippen LogP contribution is 2.28. The van der Waals surface area contributed by atoms with Crippen molar-refractivity contribution in [1.82, 2.24) is 10.2 Å². The molecule has 3 rings (SSSR count). The molecule has 0 saturated heterocycles. The Labute approximate surface area is 236 Å². The van der Waals surface area contributed by atoms with Gasteiger partial charge in [0.1, 0.15) is 12.6 Å². The molecule has 10 heteroatoms. The Morgan fingerprint density at radius 2 is 1.61 bits per heavy atom. The van der Waals surface area contributed by atoms with Gasteiger partial charge in [-0.2, -0.15) is 0 Å². The number of benzene rings is 2. The average molecular weight is 583 g/mol. The highest BCUT2D eigenvalue weighted by Gasteiger charge is 2.33. The molecule has 2 aromatic carbocycles. The molecule has 0 radical (unpaired) electrons. The fourth-order valence-electron chi connectivity index (χ4n) is 4.78. The van der Waals surface area contributed by atoms with Crippen molar-refractivity contribution in [3.8, 4) is 0 Å². The van der Waals surface area contributed by atoms with Crippen LogP contribution in [0.15, 0.2) is 42.5 Å². The maximum absolute atomic E-state index is 13.9. The Morgan fingerprint density at radius 1 is 1.03 bits per heavy atom. The van der Waals surface area contributed by atoms with E-state index >= 15 is 0 Å². The smallest absolute Gasteiger partial charge is 0.244 e. The third kappa shape index (κ3) is 7.64. The first-order valence-corrected chi connectivity index (χ1v) is 15.6. The fraction of sp³-hybridized carbons (Fsp3) is 0.500. The third-order valence-corrected chi connectivity index (χ3v) is 8.85. The van der Waals surface area contributed by atoms with Gasteiger partial charge in [0.25, 0.3) is 0 Å². The monoisotopic (exact) mass is 581 g/mol. The van der Waals surface area contributed by atoms with E-state index in [0.717, 1.165) is 41.8 Å². The average Bonchev–Trinajstić information content (AvgIpc) is 3.36. The van der Waals surface area contributed by atoms with E-state index < -0.39 is 28.5 Å². The summed E-state index contributed by atoms with van der Waals surface area (Å²) >= 11 is 12.9. The van der Waals surface area contributed by atoms with Gasteiger partial charge in [-0.15, -0.1) is 0 Å². The molecule has 0 aromatic heterocycles. The first-order chi connectivity index (χ1) is 17.9. The Hall–Kier alpha value is -2.29. The van der Waals surface area contributed by atoms with Crippen molar-refractivity contribution in [3.63, 3.8) is 0 Å². The molecule has 1 saturated carbocycles. The normalized spacial score (nSPS) is 14.9. The van der Waals surface area contributed by atoms with Crippen molar-refractivity contribution in [2.24, 2.45) is 0 Å². The minimum Gasteiger partial charge on any atom is -0.352 e. The molecule has 2 aromatic rings. The predicted molar refractivity (Wildman–Crippen MR) is 154 cm³/mol. The molecule has 208 valence electrons. The molecule has 1 N–H and O–H groups in total. The summed E-state index contributed by atoms with van der Waals surface area (Å²) in [7, 11) is -3.81. The molecule has 7 nitrogen and oxygen atoms in total. The number of nitrogens with one attached hydrogen (secondary N) is 1. The Balaban J connectivity index is 1.96. The van der Waals surface area contributed by atoms with Gasteiger partial charge >= 0.3 is 0 Å². The summed E-state index contributed by atoms with van der Waals surface area (Å²) in [6, 6.07) is 11.4. The minimum absolute atomic E-state index is 0.0299. The molecular formula is C28H37Cl2N3O4S. The maximum Gasteiger partial charge on any atom is 0.244 e. The Morgan fingerprint density at radius 3 is 2.11 bits per heavy atom. The van der Waals surface area contributed by atoms with Gasteiger partial charge in [-0.05, 0) is 55.0 Å². The van der Waals surface area contributed by atoms with Gasteiger partial charge < -0.3 is 10.2 Å². The van der Waals surface area contributed by atoms with Crippen molar-refractivity contribution < 1.29 is 18.0 Å². The van der Waals surface area contributed by atoms with E-state index in [1.165, 1.54) is 4.90 Å². The molecule has 0 heterocycles. The second-order valence-electron chi connectivity index (χ2n) is 10.2. The van der Waals surface area contributed by atoms with Crippen LogP contribution >= 0.6 is 23.2 Å². The second kappa shape index (κ2) is 13.2. The lowest BCUT2D eigenvalue weighted by Crippen LogP contribution is -2.53. The summed E-state index contributed by atoms with van der Waals surface area (Å²) in [4.78, 5) is 28.7. The maximum atomic E-state index is 13.9. The van der Waals surface area contributed by atoms with Crippen molar-refractivity contribution in [3.05, 3.63) is 63.6 Å². The zero-order chi connectivity index (χ0) is 28.0. The van der Waals surface area contributed by atoms with Crippen molar-refractivity contribution >= 4 is 50.7 Å². The second-order valence-corrected chi connectivity index (χ2v) is 12.9. The van der Waals surface area contributed by atoms with Crippen LogP contribution in [0.4, 0.5) is 5.69 Å². The number of carbonyl (C=O) groups excluding carboxylic acids is 2. The molecular weight excluding hydrogens is 545 g/mol. The molecule has 0 unspecified atom stereocenters. The topological polar surface area (TPSA) is 86.8 Å². The number of carbonyl (C=O) groups is 2. The molecule has 0 bridgehead atoms. The van der Waals surface area contributed by atoms with Gasteiger partial charge in [0.15, 0.2) is 0 Å². The summed E-state index contributed by atoms with van der Waals surface area (Å²) in [6.07, 6.45) is 5.32. The highest BCUT2D eigenvalue weighted by molar-refractivity contribution is 7.92. The number of hydrogen-bond donors (Lipinski definition) is 1.